The standard InChI is InChI=1S/C22H35N5O3.HI/c1-22(2,3)30-21(28)26-17-11-12-27(15-17)20(23-4)25-14-16-9-10-19(24-13-16)29-18-7-5-6-8-18;/h9-10,13,17-18H,5-8,11-12,14-15H2,1-4H3,(H,23,25)(H,26,28);1H. The number of aliphatic imine (C=N–C) groups is 1. The molecular weight excluding hydrogens is 509 g/mol. The number of rotatable bonds is 5. The second kappa shape index (κ2) is 11.7. The molecule has 1 saturated heterocycles. The van der Waals surface area contributed by atoms with Crippen LogP contribution in [0.4, 0.5) is 4.79 Å². The number of likely N-dealkylation sites (tertiary alicyclic amines) is 1. The number of halogens is 1. The van der Waals surface area contributed by atoms with E-state index in [2.05, 4.69) is 25.5 Å². The van der Waals surface area contributed by atoms with Crippen molar-refractivity contribution in [2.75, 3.05) is 20.1 Å². The minimum absolute atomic E-state index is 0. The summed E-state index contributed by atoms with van der Waals surface area (Å²) in [5.74, 6) is 1.51. The first-order valence-corrected chi connectivity index (χ1v) is 10.9. The Hall–Kier alpha value is -1.78. The van der Waals surface area contributed by atoms with Crippen LogP contribution in [0.25, 0.3) is 0 Å². The van der Waals surface area contributed by atoms with Crippen molar-refractivity contribution >= 4 is 36.0 Å². The van der Waals surface area contributed by atoms with Crippen molar-refractivity contribution in [2.45, 2.75) is 77.2 Å². The monoisotopic (exact) mass is 545 g/mol. The van der Waals surface area contributed by atoms with Crippen LogP contribution in [0.5, 0.6) is 5.88 Å². The van der Waals surface area contributed by atoms with Gasteiger partial charge in [-0.15, -0.1) is 24.0 Å². The number of alkyl carbamates (subject to hydrolysis) is 1. The number of pyridine rings is 1. The Labute approximate surface area is 202 Å². The lowest BCUT2D eigenvalue weighted by Gasteiger charge is -2.23. The van der Waals surface area contributed by atoms with E-state index in [9.17, 15) is 4.79 Å². The lowest BCUT2D eigenvalue weighted by Crippen LogP contribution is -2.44. The molecule has 1 aliphatic heterocycles. The normalized spacial score (nSPS) is 19.7. The van der Waals surface area contributed by atoms with Gasteiger partial charge in [0.25, 0.3) is 0 Å². The third kappa shape index (κ3) is 8.34. The largest absolute Gasteiger partial charge is 0.474 e. The van der Waals surface area contributed by atoms with Gasteiger partial charge < -0.3 is 25.0 Å². The molecule has 0 aromatic carbocycles. The van der Waals surface area contributed by atoms with Crippen LogP contribution >= 0.6 is 24.0 Å². The van der Waals surface area contributed by atoms with Crippen LogP contribution in [0.1, 0.15) is 58.4 Å². The zero-order valence-corrected chi connectivity index (χ0v) is 21.3. The Balaban J connectivity index is 0.00000341. The lowest BCUT2D eigenvalue weighted by atomic mass is 10.2. The Morgan fingerprint density at radius 2 is 2.00 bits per heavy atom. The molecule has 1 aliphatic carbocycles. The number of amides is 1. The molecule has 31 heavy (non-hydrogen) atoms. The van der Waals surface area contributed by atoms with E-state index in [0.29, 0.717) is 25.1 Å². The third-order valence-electron chi connectivity index (χ3n) is 5.26. The highest BCUT2D eigenvalue weighted by Gasteiger charge is 2.27. The number of nitrogens with zero attached hydrogens (tertiary/aromatic N) is 3. The Morgan fingerprint density at radius 3 is 2.61 bits per heavy atom. The van der Waals surface area contributed by atoms with Crippen LogP contribution in [0.2, 0.25) is 0 Å². The van der Waals surface area contributed by atoms with Crippen molar-refractivity contribution in [3.05, 3.63) is 23.9 Å². The van der Waals surface area contributed by atoms with Crippen LogP contribution in [0.15, 0.2) is 23.3 Å². The number of carbonyl (C=O) groups excluding carboxylic acids is 1. The number of guanidine groups is 1. The molecule has 1 aromatic heterocycles. The maximum atomic E-state index is 12.0. The molecule has 174 valence electrons. The van der Waals surface area contributed by atoms with E-state index in [1.807, 2.05) is 39.1 Å². The van der Waals surface area contributed by atoms with Gasteiger partial charge in [-0.25, -0.2) is 9.78 Å². The predicted octanol–water partition coefficient (Wildman–Crippen LogP) is 3.70. The van der Waals surface area contributed by atoms with Crippen molar-refractivity contribution in [2.24, 2.45) is 4.99 Å². The van der Waals surface area contributed by atoms with E-state index in [4.69, 9.17) is 9.47 Å². The van der Waals surface area contributed by atoms with Crippen molar-refractivity contribution in [1.82, 2.24) is 20.5 Å². The first-order chi connectivity index (χ1) is 14.3. The fourth-order valence-corrected chi connectivity index (χ4v) is 3.82. The fraction of sp³-hybridized carbons (Fsp3) is 0.682. The summed E-state index contributed by atoms with van der Waals surface area (Å²) in [5.41, 5.74) is 0.573. The maximum absolute atomic E-state index is 12.0. The van der Waals surface area contributed by atoms with E-state index < -0.39 is 5.60 Å². The first-order valence-electron chi connectivity index (χ1n) is 10.9. The molecule has 0 radical (unpaired) electrons. The van der Waals surface area contributed by atoms with E-state index in [-0.39, 0.29) is 36.1 Å². The van der Waals surface area contributed by atoms with Gasteiger partial charge >= 0.3 is 6.09 Å². The van der Waals surface area contributed by atoms with E-state index in [1.54, 1.807) is 7.05 Å². The highest BCUT2D eigenvalue weighted by molar-refractivity contribution is 14.0. The lowest BCUT2D eigenvalue weighted by molar-refractivity contribution is 0.0507. The van der Waals surface area contributed by atoms with Gasteiger partial charge in [0, 0.05) is 38.9 Å². The smallest absolute Gasteiger partial charge is 0.407 e. The molecule has 1 unspecified atom stereocenters. The van der Waals surface area contributed by atoms with Gasteiger partial charge in [-0.05, 0) is 58.4 Å². The third-order valence-corrected chi connectivity index (χ3v) is 5.26. The minimum atomic E-state index is -0.494. The number of nitrogens with one attached hydrogen (secondary N) is 2. The topological polar surface area (TPSA) is 88.1 Å². The quantitative estimate of drug-likeness (QED) is 0.334. The molecule has 1 saturated carbocycles. The summed E-state index contributed by atoms with van der Waals surface area (Å²) in [4.78, 5) is 23.0. The van der Waals surface area contributed by atoms with Gasteiger partial charge in [0.15, 0.2) is 5.96 Å². The van der Waals surface area contributed by atoms with Gasteiger partial charge in [0.2, 0.25) is 5.88 Å². The molecular formula is C22H36IN5O3. The second-order valence-corrected chi connectivity index (χ2v) is 9.01. The van der Waals surface area contributed by atoms with Crippen LogP contribution in [0, 0.1) is 0 Å². The zero-order chi connectivity index (χ0) is 21.6. The molecule has 9 heteroatoms. The Kier molecular flexibility index (Phi) is 9.64. The summed E-state index contributed by atoms with van der Waals surface area (Å²) in [6.07, 6.45) is 7.39. The van der Waals surface area contributed by atoms with E-state index in [1.165, 1.54) is 12.8 Å². The average Bonchev–Trinajstić information content (AvgIpc) is 3.34. The van der Waals surface area contributed by atoms with Crippen molar-refractivity contribution in [3.8, 4) is 5.88 Å². The summed E-state index contributed by atoms with van der Waals surface area (Å²) >= 11 is 0. The zero-order valence-electron chi connectivity index (χ0n) is 19.0. The molecule has 2 aliphatic rings. The summed E-state index contributed by atoms with van der Waals surface area (Å²) in [6.45, 7) is 7.74. The van der Waals surface area contributed by atoms with E-state index >= 15 is 0 Å². The Morgan fingerprint density at radius 1 is 1.26 bits per heavy atom. The summed E-state index contributed by atoms with van der Waals surface area (Å²) in [7, 11) is 1.77. The minimum Gasteiger partial charge on any atom is -0.474 e. The van der Waals surface area contributed by atoms with Crippen molar-refractivity contribution in [1.29, 1.82) is 0 Å². The molecule has 0 spiro atoms. The molecule has 8 nitrogen and oxygen atoms in total. The van der Waals surface area contributed by atoms with Gasteiger partial charge in [0.1, 0.15) is 11.7 Å². The molecule has 1 aromatic rings. The number of ether oxygens (including phenoxy) is 2. The van der Waals surface area contributed by atoms with Crippen LogP contribution in [-0.4, -0.2) is 59.8 Å². The molecule has 1 amide bonds. The van der Waals surface area contributed by atoms with Gasteiger partial charge in [-0.2, -0.15) is 0 Å². The highest BCUT2D eigenvalue weighted by Crippen LogP contribution is 2.22. The molecule has 1 atom stereocenters. The Bertz CT molecular complexity index is 730. The number of carbonyl (C=O) groups is 1. The van der Waals surface area contributed by atoms with Crippen LogP contribution in [-0.2, 0) is 11.3 Å². The van der Waals surface area contributed by atoms with Gasteiger partial charge in [0.05, 0.1) is 6.04 Å². The highest BCUT2D eigenvalue weighted by atomic mass is 127. The molecule has 3 rings (SSSR count). The predicted molar refractivity (Wildman–Crippen MR) is 132 cm³/mol. The summed E-state index contributed by atoms with van der Waals surface area (Å²) in [6, 6.07) is 4.02. The van der Waals surface area contributed by atoms with Gasteiger partial charge in [-0.3, -0.25) is 4.99 Å². The van der Waals surface area contributed by atoms with Crippen LogP contribution in [0.3, 0.4) is 0 Å². The fourth-order valence-electron chi connectivity index (χ4n) is 3.82. The average molecular weight is 545 g/mol. The SMILES string of the molecule is CN=C(NCc1ccc(OC2CCCC2)nc1)N1CCC(NC(=O)OC(C)(C)C)C1.I. The summed E-state index contributed by atoms with van der Waals surface area (Å²) < 4.78 is 11.3. The van der Waals surface area contributed by atoms with Crippen molar-refractivity contribution < 1.29 is 14.3 Å². The maximum Gasteiger partial charge on any atom is 0.407 e. The molecule has 2 N–H and O–H groups in total. The van der Waals surface area contributed by atoms with Gasteiger partial charge in [-0.1, -0.05) is 6.07 Å². The van der Waals surface area contributed by atoms with E-state index in [0.717, 1.165) is 37.3 Å². The molecule has 2 heterocycles. The molecule has 2 fully saturated rings. The first kappa shape index (κ1) is 25.5. The number of aromatic nitrogens is 1. The second-order valence-electron chi connectivity index (χ2n) is 9.01. The van der Waals surface area contributed by atoms with Crippen molar-refractivity contribution in [3.63, 3.8) is 0 Å². The van der Waals surface area contributed by atoms with Crippen LogP contribution < -0.4 is 15.4 Å². The summed E-state index contributed by atoms with van der Waals surface area (Å²) in [5, 5.41) is 6.33. The molecule has 0 bridgehead atoms. The number of hydrogen-bond acceptors (Lipinski definition) is 5. The number of hydrogen-bond donors (Lipinski definition) is 2.